The normalized spacial score (nSPS) is 20.1. The van der Waals surface area contributed by atoms with E-state index in [4.69, 9.17) is 10.5 Å². The second kappa shape index (κ2) is 6.57. The van der Waals surface area contributed by atoms with Gasteiger partial charge in [-0.3, -0.25) is 4.79 Å². The number of halogens is 1. The summed E-state index contributed by atoms with van der Waals surface area (Å²) in [5.74, 6) is 0.121. The molecule has 0 aliphatic heterocycles. The van der Waals surface area contributed by atoms with Gasteiger partial charge in [-0.1, -0.05) is 6.42 Å². The van der Waals surface area contributed by atoms with Crippen LogP contribution in [0, 0.1) is 11.7 Å². The van der Waals surface area contributed by atoms with Crippen molar-refractivity contribution in [1.82, 2.24) is 9.97 Å². The lowest BCUT2D eigenvalue weighted by Crippen LogP contribution is -2.27. The number of benzene rings is 1. The number of carbonyl (C=O) groups is 1. The molecular weight excluding hydrogens is 335 g/mol. The van der Waals surface area contributed by atoms with Gasteiger partial charge in [0.15, 0.2) is 0 Å². The van der Waals surface area contributed by atoms with Gasteiger partial charge < -0.3 is 20.8 Å². The minimum atomic E-state index is -0.570. The van der Waals surface area contributed by atoms with E-state index < -0.39 is 5.91 Å². The fourth-order valence-corrected chi connectivity index (χ4v) is 3.98. The molecule has 26 heavy (non-hydrogen) atoms. The monoisotopic (exact) mass is 356 g/mol. The van der Waals surface area contributed by atoms with Crippen molar-refractivity contribution in [3.63, 3.8) is 0 Å². The van der Waals surface area contributed by atoms with Gasteiger partial charge in [-0.2, -0.15) is 0 Å². The van der Waals surface area contributed by atoms with E-state index in [0.717, 1.165) is 24.8 Å². The molecule has 0 spiro atoms. The molecule has 1 aromatic carbocycles. The Hall–Kier alpha value is -2.67. The zero-order chi connectivity index (χ0) is 18.3. The fraction of sp³-hybridized carbons (Fsp3) is 0.368. The van der Waals surface area contributed by atoms with Crippen molar-refractivity contribution in [2.45, 2.75) is 25.3 Å². The highest BCUT2D eigenvalue weighted by Gasteiger charge is 2.28. The molecule has 7 heteroatoms. The highest BCUT2D eigenvalue weighted by molar-refractivity contribution is 6.18. The standard InChI is InChI=1S/C19H21FN4O2/c1-26-9-10-3-2-4-14(10)24-19-16-12-7-11(20)5-6-15(12)23-17(16)13(8-22-19)18(21)25/h5-8,10,14,23H,2-4,9H2,1H3,(H2,21,25)(H,22,24). The lowest BCUT2D eigenvalue weighted by Gasteiger charge is -2.21. The van der Waals surface area contributed by atoms with Gasteiger partial charge in [0.2, 0.25) is 0 Å². The van der Waals surface area contributed by atoms with Gasteiger partial charge in [0.25, 0.3) is 5.91 Å². The number of rotatable bonds is 5. The number of nitrogens with zero attached hydrogens (tertiary/aromatic N) is 1. The minimum Gasteiger partial charge on any atom is -0.384 e. The number of primary amides is 1. The SMILES string of the molecule is COCC1CCCC1Nc1ncc(C(N)=O)c2[nH]c3ccc(F)cc3c12. The number of hydrogen-bond donors (Lipinski definition) is 3. The van der Waals surface area contributed by atoms with Crippen molar-refractivity contribution >= 4 is 33.5 Å². The number of methoxy groups -OCH3 is 1. The number of fused-ring (bicyclic) bond motifs is 3. The third-order valence-corrected chi connectivity index (χ3v) is 5.22. The molecule has 2 aromatic heterocycles. The lowest BCUT2D eigenvalue weighted by molar-refractivity contribution is 0.100. The van der Waals surface area contributed by atoms with Crippen LogP contribution in [0.2, 0.25) is 0 Å². The number of hydrogen-bond acceptors (Lipinski definition) is 4. The van der Waals surface area contributed by atoms with E-state index in [-0.39, 0.29) is 11.9 Å². The molecule has 136 valence electrons. The van der Waals surface area contributed by atoms with E-state index in [1.54, 1.807) is 13.2 Å². The summed E-state index contributed by atoms with van der Waals surface area (Å²) in [4.78, 5) is 19.4. The summed E-state index contributed by atoms with van der Waals surface area (Å²) in [6.45, 7) is 0.683. The van der Waals surface area contributed by atoms with Crippen molar-refractivity contribution < 1.29 is 13.9 Å². The number of aromatic amines is 1. The number of aromatic nitrogens is 2. The molecule has 1 aliphatic carbocycles. The molecular formula is C19H21FN4O2. The summed E-state index contributed by atoms with van der Waals surface area (Å²) in [7, 11) is 1.70. The van der Waals surface area contributed by atoms with Crippen molar-refractivity contribution in [2.24, 2.45) is 11.7 Å². The van der Waals surface area contributed by atoms with Crippen LogP contribution in [0.1, 0.15) is 29.6 Å². The predicted octanol–water partition coefficient (Wildman–Crippen LogP) is 3.18. The number of carbonyl (C=O) groups excluding carboxylic acids is 1. The fourth-order valence-electron chi connectivity index (χ4n) is 3.98. The van der Waals surface area contributed by atoms with E-state index in [9.17, 15) is 9.18 Å². The van der Waals surface area contributed by atoms with Gasteiger partial charge in [0.1, 0.15) is 11.6 Å². The minimum absolute atomic E-state index is 0.226. The van der Waals surface area contributed by atoms with Gasteiger partial charge in [-0.05, 0) is 31.0 Å². The van der Waals surface area contributed by atoms with Crippen LogP contribution in [0.4, 0.5) is 10.2 Å². The van der Waals surface area contributed by atoms with E-state index in [2.05, 4.69) is 15.3 Å². The van der Waals surface area contributed by atoms with Crippen LogP contribution in [0.5, 0.6) is 0 Å². The van der Waals surface area contributed by atoms with Gasteiger partial charge in [-0.15, -0.1) is 0 Å². The highest BCUT2D eigenvalue weighted by Crippen LogP contribution is 2.35. The Morgan fingerprint density at radius 3 is 3.08 bits per heavy atom. The van der Waals surface area contributed by atoms with Crippen molar-refractivity contribution in [3.05, 3.63) is 35.8 Å². The van der Waals surface area contributed by atoms with Crippen molar-refractivity contribution in [3.8, 4) is 0 Å². The first-order valence-corrected chi connectivity index (χ1v) is 8.73. The Morgan fingerprint density at radius 1 is 1.46 bits per heavy atom. The molecule has 1 aliphatic rings. The predicted molar refractivity (Wildman–Crippen MR) is 98.7 cm³/mol. The maximum absolute atomic E-state index is 13.8. The summed E-state index contributed by atoms with van der Waals surface area (Å²) < 4.78 is 19.2. The summed E-state index contributed by atoms with van der Waals surface area (Å²) in [5, 5.41) is 4.87. The Balaban J connectivity index is 1.86. The van der Waals surface area contributed by atoms with E-state index >= 15 is 0 Å². The number of pyridine rings is 1. The molecule has 0 radical (unpaired) electrons. The van der Waals surface area contributed by atoms with Crippen LogP contribution in [0.3, 0.4) is 0 Å². The molecule has 4 N–H and O–H groups in total. The smallest absolute Gasteiger partial charge is 0.252 e. The number of H-pyrrole nitrogens is 1. The van der Waals surface area contributed by atoms with Gasteiger partial charge in [0.05, 0.1) is 23.1 Å². The molecule has 1 fully saturated rings. The van der Waals surface area contributed by atoms with E-state index in [1.807, 2.05) is 0 Å². The first-order valence-electron chi connectivity index (χ1n) is 8.73. The Kier molecular flexibility index (Phi) is 4.24. The third kappa shape index (κ3) is 2.78. The number of ether oxygens (including phenoxy) is 1. The van der Waals surface area contributed by atoms with Gasteiger partial charge in [0, 0.05) is 36.2 Å². The first kappa shape index (κ1) is 16.8. The lowest BCUT2D eigenvalue weighted by atomic mass is 10.0. The molecule has 1 saturated carbocycles. The van der Waals surface area contributed by atoms with Crippen LogP contribution in [0.25, 0.3) is 21.8 Å². The zero-order valence-electron chi connectivity index (χ0n) is 14.5. The molecule has 3 aromatic rings. The van der Waals surface area contributed by atoms with Gasteiger partial charge >= 0.3 is 0 Å². The highest BCUT2D eigenvalue weighted by atomic mass is 19.1. The average molecular weight is 356 g/mol. The largest absolute Gasteiger partial charge is 0.384 e. The molecule has 6 nitrogen and oxygen atoms in total. The van der Waals surface area contributed by atoms with Crippen LogP contribution < -0.4 is 11.1 Å². The summed E-state index contributed by atoms with van der Waals surface area (Å²) in [6.07, 6.45) is 4.71. The summed E-state index contributed by atoms with van der Waals surface area (Å²) in [6, 6.07) is 4.72. The number of anilines is 1. The molecule has 0 bridgehead atoms. The first-order chi connectivity index (χ1) is 12.6. The Labute approximate surface area is 149 Å². The van der Waals surface area contributed by atoms with Crippen molar-refractivity contribution in [1.29, 1.82) is 0 Å². The topological polar surface area (TPSA) is 93.0 Å². The van der Waals surface area contributed by atoms with Crippen molar-refractivity contribution in [2.75, 3.05) is 19.0 Å². The molecule has 2 heterocycles. The zero-order valence-corrected chi connectivity index (χ0v) is 14.5. The summed E-state index contributed by atoms with van der Waals surface area (Å²) >= 11 is 0. The maximum atomic E-state index is 13.8. The number of nitrogens with two attached hydrogens (primary N) is 1. The Morgan fingerprint density at radius 2 is 2.31 bits per heavy atom. The number of amides is 1. The quantitative estimate of drug-likeness (QED) is 0.654. The number of nitrogens with one attached hydrogen (secondary N) is 2. The third-order valence-electron chi connectivity index (χ3n) is 5.22. The molecule has 2 unspecified atom stereocenters. The second-order valence-corrected chi connectivity index (χ2v) is 6.85. The maximum Gasteiger partial charge on any atom is 0.252 e. The molecule has 0 saturated heterocycles. The summed E-state index contributed by atoms with van der Waals surface area (Å²) in [5.41, 5.74) is 7.11. The van der Waals surface area contributed by atoms with E-state index in [0.29, 0.717) is 40.2 Å². The van der Waals surface area contributed by atoms with Gasteiger partial charge in [-0.25, -0.2) is 9.37 Å². The second-order valence-electron chi connectivity index (χ2n) is 6.85. The van der Waals surface area contributed by atoms with E-state index in [1.165, 1.54) is 18.3 Å². The van der Waals surface area contributed by atoms with Crippen LogP contribution >= 0.6 is 0 Å². The molecule has 4 rings (SSSR count). The molecule has 2 atom stereocenters. The Bertz CT molecular complexity index is 984. The van der Waals surface area contributed by atoms with Crippen LogP contribution in [-0.4, -0.2) is 35.6 Å². The average Bonchev–Trinajstić information content (AvgIpc) is 3.19. The van der Waals surface area contributed by atoms with Crippen LogP contribution in [0.15, 0.2) is 24.4 Å². The van der Waals surface area contributed by atoms with Crippen LogP contribution in [-0.2, 0) is 4.74 Å². The molecule has 1 amide bonds.